The Hall–Kier alpha value is -1.87. The van der Waals surface area contributed by atoms with Crippen LogP contribution in [0.15, 0.2) is 42.5 Å². The highest BCUT2D eigenvalue weighted by Crippen LogP contribution is 2.18. The first-order chi connectivity index (χ1) is 9.49. The zero-order valence-corrected chi connectivity index (χ0v) is 12.1. The molecule has 20 heavy (non-hydrogen) atoms. The van der Waals surface area contributed by atoms with Crippen molar-refractivity contribution in [3.05, 3.63) is 70.0 Å². The van der Waals surface area contributed by atoms with Gasteiger partial charge in [-0.15, -0.1) is 0 Å². The fourth-order valence-corrected chi connectivity index (χ4v) is 2.15. The van der Waals surface area contributed by atoms with Gasteiger partial charge in [0.25, 0.3) is 5.91 Å². The molecule has 0 fully saturated rings. The lowest BCUT2D eigenvalue weighted by Crippen LogP contribution is -2.27. The Morgan fingerprint density at radius 2 is 1.95 bits per heavy atom. The molecule has 0 aliphatic rings. The normalized spacial score (nSPS) is 10.4. The molecule has 0 spiro atoms. The number of carbonyl (C=O) groups excluding carboxylic acids is 1. The van der Waals surface area contributed by atoms with E-state index in [2.05, 4.69) is 0 Å². The molecular formula is C16H15ClFNO. The summed E-state index contributed by atoms with van der Waals surface area (Å²) in [6.45, 7) is 2.12. The zero-order chi connectivity index (χ0) is 14.7. The maximum absolute atomic E-state index is 13.8. The molecule has 0 saturated carbocycles. The lowest BCUT2D eigenvalue weighted by molar-refractivity contribution is 0.0780. The maximum Gasteiger partial charge on any atom is 0.256 e. The fourth-order valence-electron chi connectivity index (χ4n) is 1.95. The quantitative estimate of drug-likeness (QED) is 0.835. The summed E-state index contributed by atoms with van der Waals surface area (Å²) < 4.78 is 13.8. The molecule has 0 radical (unpaired) electrons. The van der Waals surface area contributed by atoms with E-state index in [0.29, 0.717) is 11.6 Å². The van der Waals surface area contributed by atoms with E-state index >= 15 is 0 Å². The molecule has 2 rings (SSSR count). The van der Waals surface area contributed by atoms with Crippen LogP contribution in [0.4, 0.5) is 4.39 Å². The van der Waals surface area contributed by atoms with E-state index in [9.17, 15) is 9.18 Å². The number of aryl methyl sites for hydroxylation is 1. The van der Waals surface area contributed by atoms with Gasteiger partial charge in [0.1, 0.15) is 5.82 Å². The molecule has 1 amide bonds. The molecule has 0 aliphatic carbocycles. The summed E-state index contributed by atoms with van der Waals surface area (Å²) in [7, 11) is 1.63. The average Bonchev–Trinajstić information content (AvgIpc) is 2.40. The lowest BCUT2D eigenvalue weighted by Gasteiger charge is -2.18. The number of benzene rings is 2. The van der Waals surface area contributed by atoms with Crippen LogP contribution in [0.3, 0.4) is 0 Å². The predicted molar refractivity (Wildman–Crippen MR) is 78.4 cm³/mol. The smallest absolute Gasteiger partial charge is 0.256 e. The highest BCUT2D eigenvalue weighted by molar-refractivity contribution is 6.31. The Balaban J connectivity index is 2.19. The van der Waals surface area contributed by atoms with Gasteiger partial charge >= 0.3 is 0 Å². The molecule has 2 aromatic carbocycles. The SMILES string of the molecule is Cc1ccc(C(=O)N(C)Cc2ccccc2Cl)c(F)c1. The summed E-state index contributed by atoms with van der Waals surface area (Å²) in [6.07, 6.45) is 0. The highest BCUT2D eigenvalue weighted by atomic mass is 35.5. The molecule has 0 aliphatic heterocycles. The molecule has 0 saturated heterocycles. The van der Waals surface area contributed by atoms with Gasteiger partial charge in [-0.25, -0.2) is 4.39 Å². The van der Waals surface area contributed by atoms with E-state index in [4.69, 9.17) is 11.6 Å². The van der Waals surface area contributed by atoms with Gasteiger partial charge in [0.15, 0.2) is 0 Å². The predicted octanol–water partition coefficient (Wildman–Crippen LogP) is 4.06. The Morgan fingerprint density at radius 1 is 1.25 bits per heavy atom. The van der Waals surface area contributed by atoms with E-state index in [1.807, 2.05) is 18.2 Å². The lowest BCUT2D eigenvalue weighted by atomic mass is 10.1. The molecule has 2 nitrogen and oxygen atoms in total. The van der Waals surface area contributed by atoms with Crippen LogP contribution in [0.25, 0.3) is 0 Å². The third-order valence-electron chi connectivity index (χ3n) is 3.07. The highest BCUT2D eigenvalue weighted by Gasteiger charge is 2.17. The largest absolute Gasteiger partial charge is 0.337 e. The number of hydrogen-bond acceptors (Lipinski definition) is 1. The molecule has 104 valence electrons. The summed E-state index contributed by atoms with van der Waals surface area (Å²) in [6, 6.07) is 11.9. The summed E-state index contributed by atoms with van der Waals surface area (Å²) in [5.74, 6) is -0.858. The number of nitrogens with zero attached hydrogens (tertiary/aromatic N) is 1. The van der Waals surface area contributed by atoms with E-state index in [0.717, 1.165) is 11.1 Å². The fraction of sp³-hybridized carbons (Fsp3) is 0.188. The monoisotopic (exact) mass is 291 g/mol. The summed E-state index contributed by atoms with van der Waals surface area (Å²) in [4.78, 5) is 13.7. The van der Waals surface area contributed by atoms with Gasteiger partial charge < -0.3 is 4.90 Å². The van der Waals surface area contributed by atoms with Crippen molar-refractivity contribution in [1.82, 2.24) is 4.90 Å². The average molecular weight is 292 g/mol. The van der Waals surface area contributed by atoms with Crippen LogP contribution in [-0.4, -0.2) is 17.9 Å². The molecule has 2 aromatic rings. The summed E-state index contributed by atoms with van der Waals surface area (Å²) >= 11 is 6.06. The zero-order valence-electron chi connectivity index (χ0n) is 11.4. The molecule has 0 heterocycles. The third kappa shape index (κ3) is 3.17. The van der Waals surface area contributed by atoms with Gasteiger partial charge in [-0.2, -0.15) is 0 Å². The molecule has 0 aromatic heterocycles. The maximum atomic E-state index is 13.8. The van der Waals surface area contributed by atoms with Gasteiger partial charge in [-0.05, 0) is 36.2 Å². The molecule has 0 bridgehead atoms. The van der Waals surface area contributed by atoms with Crippen molar-refractivity contribution < 1.29 is 9.18 Å². The van der Waals surface area contributed by atoms with Gasteiger partial charge in [-0.3, -0.25) is 4.79 Å². The van der Waals surface area contributed by atoms with Crippen LogP contribution >= 0.6 is 11.6 Å². The second kappa shape index (κ2) is 6.06. The van der Waals surface area contributed by atoms with Crippen LogP contribution < -0.4 is 0 Å². The van der Waals surface area contributed by atoms with Crippen molar-refractivity contribution in [2.45, 2.75) is 13.5 Å². The number of hydrogen-bond donors (Lipinski definition) is 0. The molecule has 0 N–H and O–H groups in total. The van der Waals surface area contributed by atoms with Crippen LogP contribution in [0.2, 0.25) is 5.02 Å². The van der Waals surface area contributed by atoms with Crippen LogP contribution in [0.1, 0.15) is 21.5 Å². The second-order valence-electron chi connectivity index (χ2n) is 4.74. The Morgan fingerprint density at radius 3 is 2.60 bits per heavy atom. The van der Waals surface area contributed by atoms with E-state index in [1.165, 1.54) is 17.0 Å². The topological polar surface area (TPSA) is 20.3 Å². The van der Waals surface area contributed by atoms with Crippen molar-refractivity contribution in [1.29, 1.82) is 0 Å². The number of rotatable bonds is 3. The number of amides is 1. The van der Waals surface area contributed by atoms with E-state index in [-0.39, 0.29) is 11.5 Å². The number of halogens is 2. The second-order valence-corrected chi connectivity index (χ2v) is 5.14. The molecule has 4 heteroatoms. The van der Waals surface area contributed by atoms with Gasteiger partial charge in [0.2, 0.25) is 0 Å². The van der Waals surface area contributed by atoms with Crippen molar-refractivity contribution in [3.8, 4) is 0 Å². The summed E-state index contributed by atoms with van der Waals surface area (Å²) in [5.41, 5.74) is 1.69. The minimum atomic E-state index is -0.499. The van der Waals surface area contributed by atoms with Crippen LogP contribution in [0.5, 0.6) is 0 Å². The summed E-state index contributed by atoms with van der Waals surface area (Å²) in [5, 5.41) is 0.594. The van der Waals surface area contributed by atoms with Crippen molar-refractivity contribution >= 4 is 17.5 Å². The van der Waals surface area contributed by atoms with Crippen molar-refractivity contribution in [2.75, 3.05) is 7.05 Å². The first-order valence-electron chi connectivity index (χ1n) is 6.24. The van der Waals surface area contributed by atoms with E-state index in [1.54, 1.807) is 26.1 Å². The van der Waals surface area contributed by atoms with Crippen molar-refractivity contribution in [2.24, 2.45) is 0 Å². The van der Waals surface area contributed by atoms with Crippen LogP contribution in [0, 0.1) is 12.7 Å². The standard InChI is InChI=1S/C16H15ClFNO/c1-11-7-8-13(15(18)9-11)16(20)19(2)10-12-5-3-4-6-14(12)17/h3-9H,10H2,1-2H3. The minimum absolute atomic E-state index is 0.0742. The van der Waals surface area contributed by atoms with Gasteiger partial charge in [0, 0.05) is 18.6 Å². The minimum Gasteiger partial charge on any atom is -0.337 e. The molecule has 0 atom stereocenters. The molecular weight excluding hydrogens is 277 g/mol. The van der Waals surface area contributed by atoms with Crippen LogP contribution in [-0.2, 0) is 6.54 Å². The van der Waals surface area contributed by atoms with E-state index < -0.39 is 5.82 Å². The van der Waals surface area contributed by atoms with Crippen molar-refractivity contribution in [3.63, 3.8) is 0 Å². The Kier molecular flexibility index (Phi) is 4.40. The number of carbonyl (C=O) groups is 1. The third-order valence-corrected chi connectivity index (χ3v) is 3.44. The van der Waals surface area contributed by atoms with Gasteiger partial charge in [-0.1, -0.05) is 35.9 Å². The Labute approximate surface area is 122 Å². The Bertz CT molecular complexity index is 642. The first-order valence-corrected chi connectivity index (χ1v) is 6.62. The molecule has 0 unspecified atom stereocenters. The van der Waals surface area contributed by atoms with Gasteiger partial charge in [0.05, 0.1) is 5.56 Å². The first kappa shape index (κ1) is 14.5.